The van der Waals surface area contributed by atoms with Gasteiger partial charge in [0, 0.05) is 38.4 Å². The van der Waals surface area contributed by atoms with Crippen LogP contribution in [0.1, 0.15) is 42.3 Å². The van der Waals surface area contributed by atoms with Gasteiger partial charge in [-0.3, -0.25) is 4.79 Å². The standard InChI is InChI=1S/C27H36FN3O2S/c1-2-3-4-5-10-29-17-21-22(18-29)23(21)19-31(27(32)26-7-6-15-34-26)20-8-9-25(24(28)16-20)30-11-13-33-14-12-30/h6-9,15-16,21-23H,2-5,10-14,17-19H2,1H3. The smallest absolute Gasteiger partial charge is 0.268 e. The highest BCUT2D eigenvalue weighted by molar-refractivity contribution is 7.12. The number of rotatable bonds is 10. The number of likely N-dealkylation sites (tertiary alicyclic amines) is 1. The highest BCUT2D eigenvalue weighted by Crippen LogP contribution is 2.52. The SMILES string of the molecule is CCCCCCN1CC2C(C1)C2CN(C(=O)c1cccs1)c1ccc(N2CCOCC2)c(F)c1. The van der Waals surface area contributed by atoms with Crippen LogP contribution in [0.25, 0.3) is 0 Å². The van der Waals surface area contributed by atoms with E-state index in [4.69, 9.17) is 4.74 Å². The predicted molar refractivity (Wildman–Crippen MR) is 136 cm³/mol. The van der Waals surface area contributed by atoms with E-state index in [-0.39, 0.29) is 11.7 Å². The first kappa shape index (κ1) is 23.8. The van der Waals surface area contributed by atoms with Crippen molar-refractivity contribution in [2.24, 2.45) is 17.8 Å². The summed E-state index contributed by atoms with van der Waals surface area (Å²) in [5.74, 6) is 1.56. The first-order valence-corrected chi connectivity index (χ1v) is 13.7. The van der Waals surface area contributed by atoms with Crippen LogP contribution in [0.4, 0.5) is 15.8 Å². The van der Waals surface area contributed by atoms with Crippen molar-refractivity contribution in [3.63, 3.8) is 0 Å². The van der Waals surface area contributed by atoms with Crippen LogP contribution in [-0.4, -0.2) is 63.3 Å². The van der Waals surface area contributed by atoms with Crippen LogP contribution in [-0.2, 0) is 4.74 Å². The Labute approximate surface area is 206 Å². The monoisotopic (exact) mass is 485 g/mol. The van der Waals surface area contributed by atoms with E-state index >= 15 is 4.39 Å². The molecule has 3 aliphatic rings. The van der Waals surface area contributed by atoms with Crippen LogP contribution >= 0.6 is 11.3 Å². The van der Waals surface area contributed by atoms with Gasteiger partial charge < -0.3 is 19.4 Å². The third kappa shape index (κ3) is 5.16. The Morgan fingerprint density at radius 3 is 2.62 bits per heavy atom. The number of piperidine rings is 1. The van der Waals surface area contributed by atoms with Gasteiger partial charge in [-0.2, -0.15) is 0 Å². The summed E-state index contributed by atoms with van der Waals surface area (Å²) in [5.41, 5.74) is 1.26. The molecule has 2 aliphatic heterocycles. The summed E-state index contributed by atoms with van der Waals surface area (Å²) in [6.07, 6.45) is 5.20. The molecule has 184 valence electrons. The molecule has 5 rings (SSSR count). The molecule has 3 fully saturated rings. The maximum Gasteiger partial charge on any atom is 0.268 e. The molecule has 2 unspecified atom stereocenters. The third-order valence-corrected chi connectivity index (χ3v) is 8.60. The Bertz CT molecular complexity index is 951. The van der Waals surface area contributed by atoms with E-state index in [0.29, 0.717) is 66.9 Å². The van der Waals surface area contributed by atoms with E-state index in [1.807, 2.05) is 39.4 Å². The minimum Gasteiger partial charge on any atom is -0.378 e. The lowest BCUT2D eigenvalue weighted by atomic mass is 10.1. The summed E-state index contributed by atoms with van der Waals surface area (Å²) in [6, 6.07) is 9.06. The van der Waals surface area contributed by atoms with Crippen molar-refractivity contribution in [1.82, 2.24) is 4.90 Å². The fourth-order valence-corrected chi connectivity index (χ4v) is 6.40. The van der Waals surface area contributed by atoms with Crippen LogP contribution < -0.4 is 9.80 Å². The zero-order chi connectivity index (χ0) is 23.5. The number of ether oxygens (including phenoxy) is 1. The Balaban J connectivity index is 1.26. The second-order valence-electron chi connectivity index (χ2n) is 9.94. The summed E-state index contributed by atoms with van der Waals surface area (Å²) >= 11 is 1.45. The number of halogens is 1. The van der Waals surface area contributed by atoms with Crippen molar-refractivity contribution in [3.8, 4) is 0 Å². The second kappa shape index (κ2) is 10.8. The normalized spacial score (nSPS) is 24.3. The zero-order valence-corrected chi connectivity index (χ0v) is 20.9. The van der Waals surface area contributed by atoms with E-state index in [9.17, 15) is 4.79 Å². The minimum absolute atomic E-state index is 0.0186. The lowest BCUT2D eigenvalue weighted by Gasteiger charge is -2.30. The molecule has 0 bridgehead atoms. The first-order chi connectivity index (χ1) is 16.7. The molecule has 34 heavy (non-hydrogen) atoms. The van der Waals surface area contributed by atoms with Gasteiger partial charge in [0.25, 0.3) is 5.91 Å². The maximum atomic E-state index is 15.2. The van der Waals surface area contributed by atoms with Crippen molar-refractivity contribution in [1.29, 1.82) is 0 Å². The lowest BCUT2D eigenvalue weighted by molar-refractivity contribution is 0.0988. The summed E-state index contributed by atoms with van der Waals surface area (Å²) < 4.78 is 20.6. The number of fused-ring (bicyclic) bond motifs is 1. The van der Waals surface area contributed by atoms with Crippen molar-refractivity contribution >= 4 is 28.6 Å². The number of nitrogens with zero attached hydrogens (tertiary/aromatic N) is 3. The number of amides is 1. The number of thiophene rings is 1. The number of morpholine rings is 1. The highest BCUT2D eigenvalue weighted by atomic mass is 32.1. The van der Waals surface area contributed by atoms with E-state index in [1.165, 1.54) is 43.6 Å². The van der Waals surface area contributed by atoms with Crippen LogP contribution in [0.15, 0.2) is 35.7 Å². The average molecular weight is 486 g/mol. The zero-order valence-electron chi connectivity index (χ0n) is 20.1. The number of hydrogen-bond acceptors (Lipinski definition) is 5. The molecule has 3 heterocycles. The summed E-state index contributed by atoms with van der Waals surface area (Å²) in [4.78, 5) is 20.6. The Morgan fingerprint density at radius 1 is 1.15 bits per heavy atom. The number of carbonyl (C=O) groups is 1. The van der Waals surface area contributed by atoms with Crippen molar-refractivity contribution < 1.29 is 13.9 Å². The average Bonchev–Trinajstić information content (AvgIpc) is 3.24. The minimum atomic E-state index is -0.266. The molecule has 2 saturated heterocycles. The molecule has 1 saturated carbocycles. The van der Waals surface area contributed by atoms with E-state index in [0.717, 1.165) is 13.1 Å². The predicted octanol–water partition coefficient (Wildman–Crippen LogP) is 5.13. The Hall–Kier alpha value is -1.96. The van der Waals surface area contributed by atoms with Gasteiger partial charge in [0.15, 0.2) is 0 Å². The topological polar surface area (TPSA) is 36.0 Å². The largest absolute Gasteiger partial charge is 0.378 e. The number of benzene rings is 1. The maximum absolute atomic E-state index is 15.2. The fraction of sp³-hybridized carbons (Fsp3) is 0.593. The van der Waals surface area contributed by atoms with Gasteiger partial charge in [-0.25, -0.2) is 4.39 Å². The number of carbonyl (C=O) groups excluding carboxylic acids is 1. The summed E-state index contributed by atoms with van der Waals surface area (Å²) in [5, 5.41) is 1.93. The number of anilines is 2. The lowest BCUT2D eigenvalue weighted by Crippen LogP contribution is -2.37. The van der Waals surface area contributed by atoms with E-state index in [1.54, 1.807) is 6.07 Å². The van der Waals surface area contributed by atoms with Gasteiger partial charge in [0.2, 0.25) is 0 Å². The first-order valence-electron chi connectivity index (χ1n) is 12.9. The van der Waals surface area contributed by atoms with E-state index in [2.05, 4.69) is 11.8 Å². The van der Waals surface area contributed by atoms with Crippen molar-refractivity contribution in [2.75, 3.05) is 62.3 Å². The Kier molecular flexibility index (Phi) is 7.52. The van der Waals surface area contributed by atoms with Crippen LogP contribution in [0.2, 0.25) is 0 Å². The molecule has 0 spiro atoms. The summed E-state index contributed by atoms with van der Waals surface area (Å²) in [7, 11) is 0. The molecule has 5 nitrogen and oxygen atoms in total. The van der Waals surface area contributed by atoms with Crippen LogP contribution in [0.3, 0.4) is 0 Å². The quantitative estimate of drug-likeness (QED) is 0.437. The number of unbranched alkanes of at least 4 members (excludes halogenated alkanes) is 3. The van der Waals surface area contributed by atoms with Crippen LogP contribution in [0, 0.1) is 23.6 Å². The van der Waals surface area contributed by atoms with Gasteiger partial charge in [0.1, 0.15) is 5.82 Å². The van der Waals surface area contributed by atoms with Gasteiger partial charge in [0.05, 0.1) is 23.8 Å². The van der Waals surface area contributed by atoms with Crippen molar-refractivity contribution in [3.05, 3.63) is 46.4 Å². The molecule has 1 aliphatic carbocycles. The molecule has 1 amide bonds. The highest BCUT2D eigenvalue weighted by Gasteiger charge is 2.55. The molecular formula is C27H36FN3O2S. The molecule has 1 aromatic heterocycles. The molecular weight excluding hydrogens is 449 g/mol. The second-order valence-corrected chi connectivity index (χ2v) is 10.9. The van der Waals surface area contributed by atoms with E-state index < -0.39 is 0 Å². The van der Waals surface area contributed by atoms with Gasteiger partial charge in [-0.05, 0) is 60.4 Å². The molecule has 0 radical (unpaired) electrons. The van der Waals surface area contributed by atoms with Gasteiger partial charge in [-0.15, -0.1) is 11.3 Å². The summed E-state index contributed by atoms with van der Waals surface area (Å²) in [6.45, 7) is 9.02. The molecule has 7 heteroatoms. The van der Waals surface area contributed by atoms with Gasteiger partial charge in [-0.1, -0.05) is 32.3 Å². The van der Waals surface area contributed by atoms with Crippen molar-refractivity contribution in [2.45, 2.75) is 32.6 Å². The fourth-order valence-electron chi connectivity index (χ4n) is 5.73. The molecule has 0 N–H and O–H groups in total. The molecule has 1 aromatic carbocycles. The molecule has 2 aromatic rings. The number of hydrogen-bond donors (Lipinski definition) is 0. The van der Waals surface area contributed by atoms with Crippen LogP contribution in [0.5, 0.6) is 0 Å². The third-order valence-electron chi connectivity index (χ3n) is 7.74. The van der Waals surface area contributed by atoms with Gasteiger partial charge >= 0.3 is 0 Å². The Morgan fingerprint density at radius 2 is 1.94 bits per heavy atom. The molecule has 2 atom stereocenters.